The minimum Gasteiger partial charge on any atom is -0.477 e. The van der Waals surface area contributed by atoms with Gasteiger partial charge in [-0.3, -0.25) is 4.79 Å². The molecule has 104 valence electrons. The summed E-state index contributed by atoms with van der Waals surface area (Å²) in [5, 5.41) is 11.0. The molecule has 2 rings (SSSR count). The smallest absolute Gasteiger partial charge is 0.276 e. The largest absolute Gasteiger partial charge is 0.477 e. The van der Waals surface area contributed by atoms with Gasteiger partial charge in [0.05, 0.1) is 6.61 Å². The highest BCUT2D eigenvalue weighted by Gasteiger charge is 2.11. The molecule has 1 amide bonds. The number of nitrogens with zero attached hydrogens (tertiary/aromatic N) is 2. The minimum atomic E-state index is -0.342. The SMILES string of the molecule is CCOc1ccc(C(=O)Nc2cccc(Cl)c2C)nn1. The highest BCUT2D eigenvalue weighted by Crippen LogP contribution is 2.23. The molecule has 5 nitrogen and oxygen atoms in total. The predicted octanol–water partition coefficient (Wildman–Crippen LogP) is 3.09. The lowest BCUT2D eigenvalue weighted by Gasteiger charge is -2.09. The maximum atomic E-state index is 12.0. The number of halogens is 1. The number of nitrogens with one attached hydrogen (secondary N) is 1. The molecule has 0 spiro atoms. The van der Waals surface area contributed by atoms with Crippen molar-refractivity contribution in [2.24, 2.45) is 0 Å². The van der Waals surface area contributed by atoms with Crippen LogP contribution < -0.4 is 10.1 Å². The maximum Gasteiger partial charge on any atom is 0.276 e. The van der Waals surface area contributed by atoms with Gasteiger partial charge < -0.3 is 10.1 Å². The molecule has 0 aliphatic carbocycles. The van der Waals surface area contributed by atoms with E-state index in [2.05, 4.69) is 15.5 Å². The topological polar surface area (TPSA) is 64.1 Å². The molecule has 0 radical (unpaired) electrons. The van der Waals surface area contributed by atoms with Crippen molar-refractivity contribution in [1.29, 1.82) is 0 Å². The summed E-state index contributed by atoms with van der Waals surface area (Å²) in [5.74, 6) is 0.0499. The fraction of sp³-hybridized carbons (Fsp3) is 0.214. The van der Waals surface area contributed by atoms with Crippen molar-refractivity contribution in [1.82, 2.24) is 10.2 Å². The third-order valence-electron chi connectivity index (χ3n) is 2.68. The van der Waals surface area contributed by atoms with Crippen LogP contribution in [0.3, 0.4) is 0 Å². The van der Waals surface area contributed by atoms with E-state index in [1.54, 1.807) is 30.3 Å². The predicted molar refractivity (Wildman–Crippen MR) is 77.3 cm³/mol. The van der Waals surface area contributed by atoms with Crippen LogP contribution in [0, 0.1) is 6.92 Å². The van der Waals surface area contributed by atoms with E-state index in [1.807, 2.05) is 13.8 Å². The monoisotopic (exact) mass is 291 g/mol. The minimum absolute atomic E-state index is 0.216. The van der Waals surface area contributed by atoms with Gasteiger partial charge in [0, 0.05) is 16.8 Å². The Morgan fingerprint density at radius 1 is 1.30 bits per heavy atom. The molecule has 0 unspecified atom stereocenters. The summed E-state index contributed by atoms with van der Waals surface area (Å²) in [6.45, 7) is 4.19. The lowest BCUT2D eigenvalue weighted by Crippen LogP contribution is -2.15. The second kappa shape index (κ2) is 6.34. The molecule has 0 fully saturated rings. The third-order valence-corrected chi connectivity index (χ3v) is 3.09. The molecular formula is C14H14ClN3O2. The van der Waals surface area contributed by atoms with E-state index in [0.717, 1.165) is 5.56 Å². The summed E-state index contributed by atoms with van der Waals surface area (Å²) >= 11 is 6.00. The van der Waals surface area contributed by atoms with Gasteiger partial charge in [-0.25, -0.2) is 0 Å². The number of carbonyl (C=O) groups excluding carboxylic acids is 1. The fourth-order valence-corrected chi connectivity index (χ4v) is 1.77. The Kier molecular flexibility index (Phi) is 4.53. The maximum absolute atomic E-state index is 12.0. The summed E-state index contributed by atoms with van der Waals surface area (Å²) in [5.41, 5.74) is 1.67. The standard InChI is InChI=1S/C14H14ClN3O2/c1-3-20-13-8-7-12(17-18-13)14(19)16-11-6-4-5-10(15)9(11)2/h4-8H,3H2,1-2H3,(H,16,19). The number of rotatable bonds is 4. The lowest BCUT2D eigenvalue weighted by molar-refractivity contribution is 0.102. The van der Waals surface area contributed by atoms with Gasteiger partial charge in [0.1, 0.15) is 0 Å². The van der Waals surface area contributed by atoms with Crippen LogP contribution in [0.2, 0.25) is 5.02 Å². The van der Waals surface area contributed by atoms with Crippen molar-refractivity contribution in [3.05, 3.63) is 46.6 Å². The lowest BCUT2D eigenvalue weighted by atomic mass is 10.2. The van der Waals surface area contributed by atoms with E-state index in [1.165, 1.54) is 0 Å². The van der Waals surface area contributed by atoms with Crippen LogP contribution in [0.5, 0.6) is 5.88 Å². The Balaban J connectivity index is 2.13. The summed E-state index contributed by atoms with van der Waals surface area (Å²) in [6, 6.07) is 8.49. The molecule has 0 bridgehead atoms. The average Bonchev–Trinajstić information content (AvgIpc) is 2.45. The molecule has 0 saturated carbocycles. The zero-order valence-electron chi connectivity index (χ0n) is 11.2. The molecule has 1 heterocycles. The molecule has 0 saturated heterocycles. The van der Waals surface area contributed by atoms with E-state index >= 15 is 0 Å². The Morgan fingerprint density at radius 2 is 2.10 bits per heavy atom. The van der Waals surface area contributed by atoms with E-state index in [9.17, 15) is 4.79 Å². The van der Waals surface area contributed by atoms with Gasteiger partial charge in [-0.05, 0) is 37.6 Å². The van der Waals surface area contributed by atoms with Gasteiger partial charge >= 0.3 is 0 Å². The molecule has 20 heavy (non-hydrogen) atoms. The summed E-state index contributed by atoms with van der Waals surface area (Å²) in [6.07, 6.45) is 0. The second-order valence-corrected chi connectivity index (χ2v) is 4.46. The fourth-order valence-electron chi connectivity index (χ4n) is 1.60. The number of benzene rings is 1. The van der Waals surface area contributed by atoms with Crippen molar-refractivity contribution in [3.8, 4) is 5.88 Å². The van der Waals surface area contributed by atoms with E-state index in [4.69, 9.17) is 16.3 Å². The molecule has 0 aliphatic rings. The number of hydrogen-bond acceptors (Lipinski definition) is 4. The number of ether oxygens (including phenoxy) is 1. The average molecular weight is 292 g/mol. The number of anilines is 1. The summed E-state index contributed by atoms with van der Waals surface area (Å²) in [7, 11) is 0. The van der Waals surface area contributed by atoms with Gasteiger partial charge in [0.2, 0.25) is 5.88 Å². The van der Waals surface area contributed by atoms with Crippen molar-refractivity contribution in [2.75, 3.05) is 11.9 Å². The number of amides is 1. The van der Waals surface area contributed by atoms with Gasteiger partial charge in [0.25, 0.3) is 5.91 Å². The van der Waals surface area contributed by atoms with Crippen LogP contribution in [0.15, 0.2) is 30.3 Å². The van der Waals surface area contributed by atoms with Crippen molar-refractivity contribution in [2.45, 2.75) is 13.8 Å². The number of hydrogen-bond donors (Lipinski definition) is 1. The van der Waals surface area contributed by atoms with E-state index in [0.29, 0.717) is 23.2 Å². The zero-order chi connectivity index (χ0) is 14.5. The molecule has 1 aromatic carbocycles. The Hall–Kier alpha value is -2.14. The van der Waals surface area contributed by atoms with Crippen LogP contribution in [0.4, 0.5) is 5.69 Å². The Bertz CT molecular complexity index is 614. The van der Waals surface area contributed by atoms with E-state index in [-0.39, 0.29) is 11.6 Å². The Morgan fingerprint density at radius 3 is 2.75 bits per heavy atom. The highest BCUT2D eigenvalue weighted by atomic mass is 35.5. The van der Waals surface area contributed by atoms with Crippen LogP contribution in [-0.4, -0.2) is 22.7 Å². The van der Waals surface area contributed by atoms with Crippen LogP contribution in [-0.2, 0) is 0 Å². The number of aromatic nitrogens is 2. The molecule has 1 N–H and O–H groups in total. The first-order valence-corrected chi connectivity index (χ1v) is 6.52. The first-order chi connectivity index (χ1) is 9.61. The van der Waals surface area contributed by atoms with Gasteiger partial charge in [-0.1, -0.05) is 17.7 Å². The van der Waals surface area contributed by atoms with Crippen LogP contribution in [0.1, 0.15) is 23.0 Å². The normalized spacial score (nSPS) is 10.2. The van der Waals surface area contributed by atoms with Crippen molar-refractivity contribution >= 4 is 23.2 Å². The van der Waals surface area contributed by atoms with Crippen molar-refractivity contribution in [3.63, 3.8) is 0 Å². The molecular weight excluding hydrogens is 278 g/mol. The highest BCUT2D eigenvalue weighted by molar-refractivity contribution is 6.31. The molecule has 0 aliphatic heterocycles. The van der Waals surface area contributed by atoms with Gasteiger partial charge in [-0.15, -0.1) is 10.2 Å². The summed E-state index contributed by atoms with van der Waals surface area (Å²) in [4.78, 5) is 12.0. The Labute approximate surface area is 121 Å². The zero-order valence-corrected chi connectivity index (χ0v) is 11.9. The van der Waals surface area contributed by atoms with Gasteiger partial charge in [-0.2, -0.15) is 0 Å². The first-order valence-electron chi connectivity index (χ1n) is 6.14. The van der Waals surface area contributed by atoms with E-state index < -0.39 is 0 Å². The molecule has 0 atom stereocenters. The first kappa shape index (κ1) is 14.3. The van der Waals surface area contributed by atoms with Crippen LogP contribution >= 0.6 is 11.6 Å². The molecule has 1 aromatic heterocycles. The van der Waals surface area contributed by atoms with Crippen LogP contribution in [0.25, 0.3) is 0 Å². The second-order valence-electron chi connectivity index (χ2n) is 4.06. The number of carbonyl (C=O) groups is 1. The van der Waals surface area contributed by atoms with Gasteiger partial charge in [0.15, 0.2) is 5.69 Å². The summed E-state index contributed by atoms with van der Waals surface area (Å²) < 4.78 is 5.17. The quantitative estimate of drug-likeness (QED) is 0.940. The van der Waals surface area contributed by atoms with Crippen molar-refractivity contribution < 1.29 is 9.53 Å². The third kappa shape index (κ3) is 3.24. The molecule has 2 aromatic rings. The molecule has 6 heteroatoms.